The maximum atomic E-state index is 12.5. The van der Waals surface area contributed by atoms with Crippen molar-refractivity contribution in [3.05, 3.63) is 54.1 Å². The van der Waals surface area contributed by atoms with E-state index in [9.17, 15) is 4.79 Å². The van der Waals surface area contributed by atoms with Crippen molar-refractivity contribution in [2.75, 3.05) is 32.9 Å². The second kappa shape index (κ2) is 9.33. The molecule has 0 unspecified atom stereocenters. The molecule has 2 aromatic carbocycles. The summed E-state index contributed by atoms with van der Waals surface area (Å²) in [4.78, 5) is 14.2. The Hall–Kier alpha value is -3.20. The van der Waals surface area contributed by atoms with Crippen LogP contribution in [-0.2, 0) is 11.3 Å². The molecule has 0 saturated heterocycles. The molecule has 0 radical (unpaired) electrons. The molecular formula is C20H23N5O3S. The van der Waals surface area contributed by atoms with Gasteiger partial charge >= 0.3 is 0 Å². The van der Waals surface area contributed by atoms with Crippen molar-refractivity contribution in [3.8, 4) is 22.9 Å². The number of aromatic nitrogens is 3. The van der Waals surface area contributed by atoms with Crippen molar-refractivity contribution >= 4 is 17.7 Å². The highest BCUT2D eigenvalue weighted by atomic mass is 32.2. The third kappa shape index (κ3) is 4.80. The molecule has 29 heavy (non-hydrogen) atoms. The number of hydrogen-bond donors (Lipinski definition) is 1. The van der Waals surface area contributed by atoms with Crippen molar-refractivity contribution in [3.63, 3.8) is 0 Å². The highest BCUT2D eigenvalue weighted by molar-refractivity contribution is 7.99. The zero-order valence-electron chi connectivity index (χ0n) is 16.5. The smallest absolute Gasteiger partial charge is 0.233 e. The van der Waals surface area contributed by atoms with Gasteiger partial charge in [-0.1, -0.05) is 30.0 Å². The zero-order valence-corrected chi connectivity index (χ0v) is 17.3. The predicted octanol–water partition coefficient (Wildman–Crippen LogP) is 2.43. The third-order valence-electron chi connectivity index (χ3n) is 4.36. The van der Waals surface area contributed by atoms with Crippen LogP contribution >= 0.6 is 11.8 Å². The normalized spacial score (nSPS) is 10.6. The molecule has 0 aliphatic carbocycles. The number of thioether (sulfide) groups is 1. The fourth-order valence-electron chi connectivity index (χ4n) is 2.73. The molecule has 3 aromatic rings. The number of rotatable bonds is 8. The Balaban J connectivity index is 1.62. The molecule has 1 heterocycles. The summed E-state index contributed by atoms with van der Waals surface area (Å²) >= 11 is 1.24. The molecular weight excluding hydrogens is 390 g/mol. The van der Waals surface area contributed by atoms with Gasteiger partial charge in [-0.2, -0.15) is 0 Å². The van der Waals surface area contributed by atoms with Crippen LogP contribution in [0, 0.1) is 0 Å². The lowest BCUT2D eigenvalue weighted by molar-refractivity contribution is -0.127. The van der Waals surface area contributed by atoms with Crippen molar-refractivity contribution in [1.29, 1.82) is 0 Å². The number of amides is 1. The van der Waals surface area contributed by atoms with Crippen molar-refractivity contribution in [2.24, 2.45) is 0 Å². The van der Waals surface area contributed by atoms with Crippen LogP contribution in [0.4, 0.5) is 0 Å². The molecule has 9 heteroatoms. The number of nitrogens with two attached hydrogens (primary N) is 1. The highest BCUT2D eigenvalue weighted by Crippen LogP contribution is 2.24. The van der Waals surface area contributed by atoms with Crippen LogP contribution in [0.1, 0.15) is 5.56 Å². The molecule has 0 saturated carbocycles. The number of carbonyl (C=O) groups excluding carboxylic acids is 1. The largest absolute Gasteiger partial charge is 0.497 e. The predicted molar refractivity (Wildman–Crippen MR) is 112 cm³/mol. The van der Waals surface area contributed by atoms with Crippen LogP contribution in [0.5, 0.6) is 11.5 Å². The summed E-state index contributed by atoms with van der Waals surface area (Å²) in [5, 5.41) is 8.71. The molecule has 1 amide bonds. The Morgan fingerprint density at radius 2 is 1.83 bits per heavy atom. The minimum absolute atomic E-state index is 0.0464. The molecule has 8 nitrogen and oxygen atoms in total. The molecule has 0 bridgehead atoms. The second-order valence-electron chi connectivity index (χ2n) is 6.26. The van der Waals surface area contributed by atoms with Crippen molar-refractivity contribution in [1.82, 2.24) is 19.8 Å². The number of methoxy groups -OCH3 is 2. The standard InChI is InChI=1S/C20H23N5O3S/c1-24(12-15-6-4-5-7-17(15)28-3)18(26)13-29-20-23-22-19(25(20)21)14-8-10-16(27-2)11-9-14/h4-11H,12-13,21H2,1-3H3. The van der Waals surface area contributed by atoms with Crippen molar-refractivity contribution in [2.45, 2.75) is 11.7 Å². The van der Waals surface area contributed by atoms with E-state index >= 15 is 0 Å². The van der Waals surface area contributed by atoms with Crippen LogP contribution in [-0.4, -0.2) is 52.7 Å². The molecule has 0 atom stereocenters. The highest BCUT2D eigenvalue weighted by Gasteiger charge is 2.16. The van der Waals surface area contributed by atoms with Gasteiger partial charge in [0.2, 0.25) is 11.1 Å². The minimum Gasteiger partial charge on any atom is -0.497 e. The summed E-state index contributed by atoms with van der Waals surface area (Å²) in [6.07, 6.45) is 0. The van der Waals surface area contributed by atoms with Gasteiger partial charge in [0.25, 0.3) is 0 Å². The van der Waals surface area contributed by atoms with Crippen LogP contribution in [0.3, 0.4) is 0 Å². The van der Waals surface area contributed by atoms with E-state index in [1.54, 1.807) is 26.2 Å². The number of nitrogen functional groups attached to an aromatic ring is 1. The topological polar surface area (TPSA) is 95.5 Å². The molecule has 0 fully saturated rings. The first-order valence-electron chi connectivity index (χ1n) is 8.87. The lowest BCUT2D eigenvalue weighted by Crippen LogP contribution is -2.28. The first-order valence-corrected chi connectivity index (χ1v) is 9.85. The molecule has 0 aliphatic heterocycles. The molecule has 0 spiro atoms. The number of para-hydroxylation sites is 1. The van der Waals surface area contributed by atoms with Gasteiger partial charge in [-0.15, -0.1) is 10.2 Å². The lowest BCUT2D eigenvalue weighted by Gasteiger charge is -2.18. The molecule has 3 rings (SSSR count). The summed E-state index contributed by atoms with van der Waals surface area (Å²) in [5.41, 5.74) is 1.76. The Bertz CT molecular complexity index is 975. The van der Waals surface area contributed by atoms with Gasteiger partial charge in [0, 0.05) is 24.7 Å². The Morgan fingerprint density at radius 1 is 1.10 bits per heavy atom. The lowest BCUT2D eigenvalue weighted by atomic mass is 10.2. The summed E-state index contributed by atoms with van der Waals surface area (Å²) in [6.45, 7) is 0.454. The van der Waals surface area contributed by atoms with E-state index in [2.05, 4.69) is 10.2 Å². The third-order valence-corrected chi connectivity index (χ3v) is 5.29. The van der Waals surface area contributed by atoms with Crippen LogP contribution in [0.25, 0.3) is 11.4 Å². The van der Waals surface area contributed by atoms with Gasteiger partial charge in [-0.05, 0) is 30.3 Å². The van der Waals surface area contributed by atoms with E-state index in [-0.39, 0.29) is 11.7 Å². The van der Waals surface area contributed by atoms with Gasteiger partial charge in [0.1, 0.15) is 11.5 Å². The van der Waals surface area contributed by atoms with E-state index in [0.717, 1.165) is 22.6 Å². The Morgan fingerprint density at radius 3 is 2.52 bits per heavy atom. The van der Waals surface area contributed by atoms with E-state index in [4.69, 9.17) is 15.3 Å². The fourth-order valence-corrected chi connectivity index (χ4v) is 3.52. The SMILES string of the molecule is COc1ccc(-c2nnc(SCC(=O)N(C)Cc3ccccc3OC)n2N)cc1. The maximum absolute atomic E-state index is 12.5. The molecule has 2 N–H and O–H groups in total. The second-order valence-corrected chi connectivity index (χ2v) is 7.20. The van der Waals surface area contributed by atoms with Crippen molar-refractivity contribution < 1.29 is 14.3 Å². The van der Waals surface area contributed by atoms with Gasteiger partial charge in [0.15, 0.2) is 5.82 Å². The quantitative estimate of drug-likeness (QED) is 0.448. The van der Waals surface area contributed by atoms with E-state index < -0.39 is 0 Å². The van der Waals surface area contributed by atoms with Crippen LogP contribution in [0.2, 0.25) is 0 Å². The van der Waals surface area contributed by atoms with Crippen LogP contribution < -0.4 is 15.3 Å². The monoisotopic (exact) mass is 413 g/mol. The number of benzene rings is 2. The summed E-state index contributed by atoms with van der Waals surface area (Å²) < 4.78 is 11.9. The summed E-state index contributed by atoms with van der Waals surface area (Å²) in [7, 11) is 4.98. The number of hydrogen-bond acceptors (Lipinski definition) is 7. The minimum atomic E-state index is -0.0464. The first kappa shape index (κ1) is 20.5. The average molecular weight is 414 g/mol. The fraction of sp³-hybridized carbons (Fsp3) is 0.250. The number of nitrogens with zero attached hydrogens (tertiary/aromatic N) is 4. The molecule has 0 aliphatic rings. The molecule has 1 aromatic heterocycles. The first-order chi connectivity index (χ1) is 14.0. The van der Waals surface area contributed by atoms with Gasteiger partial charge < -0.3 is 20.2 Å². The zero-order chi connectivity index (χ0) is 20.8. The maximum Gasteiger partial charge on any atom is 0.233 e. The Kier molecular flexibility index (Phi) is 6.61. The van der Waals surface area contributed by atoms with E-state index in [1.807, 2.05) is 48.5 Å². The van der Waals surface area contributed by atoms with Gasteiger partial charge in [-0.3, -0.25) is 4.79 Å². The number of carbonyl (C=O) groups is 1. The molecule has 152 valence electrons. The van der Waals surface area contributed by atoms with Gasteiger partial charge in [-0.25, -0.2) is 4.68 Å². The summed E-state index contributed by atoms with van der Waals surface area (Å²) in [5.74, 6) is 8.30. The van der Waals surface area contributed by atoms with Crippen LogP contribution in [0.15, 0.2) is 53.7 Å². The summed E-state index contributed by atoms with van der Waals surface area (Å²) in [6, 6.07) is 15.0. The number of ether oxygens (including phenoxy) is 2. The Labute approximate surface area is 173 Å². The van der Waals surface area contributed by atoms with E-state index in [1.165, 1.54) is 16.4 Å². The van der Waals surface area contributed by atoms with E-state index in [0.29, 0.717) is 17.5 Å². The average Bonchev–Trinajstić information content (AvgIpc) is 3.12. The van der Waals surface area contributed by atoms with Gasteiger partial charge in [0.05, 0.1) is 20.0 Å².